The van der Waals surface area contributed by atoms with Gasteiger partial charge in [-0.3, -0.25) is 15.2 Å². The quantitative estimate of drug-likeness (QED) is 0.298. The number of carbonyl (C=O) groups is 1. The number of hydrogen-bond acceptors (Lipinski definition) is 5. The summed E-state index contributed by atoms with van der Waals surface area (Å²) >= 11 is 0. The first-order chi connectivity index (χ1) is 16.2. The maximum absolute atomic E-state index is 11.9. The summed E-state index contributed by atoms with van der Waals surface area (Å²) in [5.41, 5.74) is 4.48. The van der Waals surface area contributed by atoms with Crippen LogP contribution in [0.25, 0.3) is 0 Å². The molecule has 1 unspecified atom stereocenters. The van der Waals surface area contributed by atoms with Crippen LogP contribution in [0.5, 0.6) is 0 Å². The van der Waals surface area contributed by atoms with Gasteiger partial charge in [-0.1, -0.05) is 109 Å². The lowest BCUT2D eigenvalue weighted by Crippen LogP contribution is -2.57. The third-order valence-corrected chi connectivity index (χ3v) is 6.56. The molecule has 2 N–H and O–H groups in total. The van der Waals surface area contributed by atoms with Crippen molar-refractivity contribution in [3.8, 4) is 0 Å². The van der Waals surface area contributed by atoms with Gasteiger partial charge in [0.05, 0.1) is 5.69 Å². The molecule has 1 aromatic carbocycles. The summed E-state index contributed by atoms with van der Waals surface area (Å²) in [6.07, 6.45) is 18.3. The van der Waals surface area contributed by atoms with Crippen LogP contribution in [-0.2, 0) is 4.79 Å². The van der Waals surface area contributed by atoms with E-state index < -0.39 is 6.10 Å². The molecule has 0 fully saturated rings. The standard InChI is InChI=1S/C27H42N4O2/c1-2-3-4-5-6-7-8-9-10-11-12-13-14-15-20-24(32)27-29-23-19-17-16-18-22(23)26-28-21-25(33)30-31(26)27/h16-19,24,32H,2-15,20-21H2,1H3,(H,30,33). The molecule has 2 aliphatic rings. The van der Waals surface area contributed by atoms with Crippen molar-refractivity contribution in [2.24, 2.45) is 9.98 Å². The molecule has 2 heterocycles. The van der Waals surface area contributed by atoms with E-state index in [1.807, 2.05) is 24.3 Å². The highest BCUT2D eigenvalue weighted by Gasteiger charge is 2.33. The van der Waals surface area contributed by atoms with Crippen LogP contribution in [0, 0.1) is 0 Å². The van der Waals surface area contributed by atoms with Gasteiger partial charge in [-0.2, -0.15) is 0 Å². The summed E-state index contributed by atoms with van der Waals surface area (Å²) in [4.78, 5) is 21.0. The molecule has 1 aromatic rings. The Labute approximate surface area is 199 Å². The van der Waals surface area contributed by atoms with Gasteiger partial charge < -0.3 is 5.11 Å². The highest BCUT2D eigenvalue weighted by molar-refractivity contribution is 6.18. The first-order valence-electron chi connectivity index (χ1n) is 13.2. The number of carbonyl (C=O) groups excluding carboxylic acids is 1. The van der Waals surface area contributed by atoms with E-state index in [1.54, 1.807) is 5.01 Å². The van der Waals surface area contributed by atoms with Gasteiger partial charge in [-0.25, -0.2) is 10.0 Å². The Bertz CT molecular complexity index is 805. The maximum atomic E-state index is 11.9. The second-order valence-electron chi connectivity index (χ2n) is 9.40. The number of benzene rings is 1. The van der Waals surface area contributed by atoms with Crippen molar-refractivity contribution in [3.05, 3.63) is 29.8 Å². The molecule has 0 aromatic heterocycles. The van der Waals surface area contributed by atoms with Crippen molar-refractivity contribution in [2.45, 2.75) is 109 Å². The third-order valence-electron chi connectivity index (χ3n) is 6.56. The number of para-hydroxylation sites is 1. The largest absolute Gasteiger partial charge is 0.385 e. The smallest absolute Gasteiger partial charge is 0.260 e. The minimum Gasteiger partial charge on any atom is -0.385 e. The fraction of sp³-hybridized carbons (Fsp3) is 0.667. The molecule has 6 nitrogen and oxygen atoms in total. The van der Waals surface area contributed by atoms with Crippen LogP contribution in [0.3, 0.4) is 0 Å². The Morgan fingerprint density at radius 1 is 0.909 bits per heavy atom. The van der Waals surface area contributed by atoms with Crippen LogP contribution < -0.4 is 5.43 Å². The van der Waals surface area contributed by atoms with E-state index in [0.29, 0.717) is 18.1 Å². The van der Waals surface area contributed by atoms with Crippen LogP contribution in [0.2, 0.25) is 0 Å². The number of aliphatic hydroxyl groups is 1. The second kappa shape index (κ2) is 14.1. The summed E-state index contributed by atoms with van der Waals surface area (Å²) in [7, 11) is 0. The minimum atomic E-state index is -0.723. The van der Waals surface area contributed by atoms with Crippen LogP contribution in [0.1, 0.15) is 109 Å². The molecule has 182 valence electrons. The fourth-order valence-electron chi connectivity index (χ4n) is 4.62. The Balaban J connectivity index is 1.31. The normalized spacial score (nSPS) is 15.9. The number of aliphatic hydroxyl groups excluding tert-OH is 1. The van der Waals surface area contributed by atoms with E-state index in [9.17, 15) is 9.90 Å². The lowest BCUT2D eigenvalue weighted by atomic mass is 10.0. The first-order valence-corrected chi connectivity index (χ1v) is 13.2. The Kier molecular flexibility index (Phi) is 10.9. The van der Waals surface area contributed by atoms with Crippen LogP contribution in [0.4, 0.5) is 5.69 Å². The summed E-state index contributed by atoms with van der Waals surface area (Å²) in [5, 5.41) is 12.4. The molecule has 0 saturated carbocycles. The Morgan fingerprint density at radius 3 is 2.12 bits per heavy atom. The maximum Gasteiger partial charge on any atom is 0.260 e. The Hall–Kier alpha value is -2.21. The average molecular weight is 455 g/mol. The lowest BCUT2D eigenvalue weighted by molar-refractivity contribution is -0.122. The molecule has 1 amide bonds. The molecule has 0 bridgehead atoms. The van der Waals surface area contributed by atoms with Gasteiger partial charge in [0.1, 0.15) is 12.6 Å². The van der Waals surface area contributed by atoms with E-state index >= 15 is 0 Å². The van der Waals surface area contributed by atoms with Crippen LogP contribution in [-0.4, -0.2) is 40.3 Å². The molecule has 0 radical (unpaired) electrons. The summed E-state index contributed by atoms with van der Waals surface area (Å²) < 4.78 is 0. The molecule has 0 spiro atoms. The van der Waals surface area contributed by atoms with Crippen molar-refractivity contribution in [1.29, 1.82) is 0 Å². The van der Waals surface area contributed by atoms with Crippen molar-refractivity contribution in [1.82, 2.24) is 10.4 Å². The van der Waals surface area contributed by atoms with Gasteiger partial charge >= 0.3 is 0 Å². The zero-order valence-electron chi connectivity index (χ0n) is 20.4. The molecular formula is C27H42N4O2. The zero-order valence-corrected chi connectivity index (χ0v) is 20.4. The highest BCUT2D eigenvalue weighted by Crippen LogP contribution is 2.28. The van der Waals surface area contributed by atoms with Gasteiger partial charge in [0.25, 0.3) is 5.91 Å². The van der Waals surface area contributed by atoms with E-state index in [1.165, 1.54) is 77.0 Å². The number of hydrazine groups is 1. The van der Waals surface area contributed by atoms with Gasteiger partial charge in [0.2, 0.25) is 0 Å². The number of amidine groups is 2. The molecule has 0 saturated heterocycles. The number of hydrogen-bond donors (Lipinski definition) is 2. The molecule has 0 aliphatic carbocycles. The van der Waals surface area contributed by atoms with Crippen LogP contribution in [0.15, 0.2) is 34.3 Å². The summed E-state index contributed by atoms with van der Waals surface area (Å²) in [5.74, 6) is 0.944. The molecular weight excluding hydrogens is 412 g/mol. The average Bonchev–Trinajstić information content (AvgIpc) is 2.83. The van der Waals surface area contributed by atoms with Gasteiger partial charge in [-0.15, -0.1) is 0 Å². The molecule has 1 atom stereocenters. The first kappa shape index (κ1) is 25.4. The third kappa shape index (κ3) is 7.95. The fourth-order valence-corrected chi connectivity index (χ4v) is 4.62. The van der Waals surface area contributed by atoms with Gasteiger partial charge in [0.15, 0.2) is 11.7 Å². The van der Waals surface area contributed by atoms with Gasteiger partial charge in [0, 0.05) is 5.56 Å². The monoisotopic (exact) mass is 454 g/mol. The molecule has 3 rings (SSSR count). The van der Waals surface area contributed by atoms with E-state index in [2.05, 4.69) is 22.3 Å². The second-order valence-corrected chi connectivity index (χ2v) is 9.40. The van der Waals surface area contributed by atoms with E-state index in [-0.39, 0.29) is 12.5 Å². The number of rotatable bonds is 16. The number of amides is 1. The predicted molar refractivity (Wildman–Crippen MR) is 136 cm³/mol. The molecule has 6 heteroatoms. The van der Waals surface area contributed by atoms with Crippen molar-refractivity contribution >= 4 is 23.3 Å². The van der Waals surface area contributed by atoms with Gasteiger partial charge in [-0.05, 0) is 18.6 Å². The molecule has 2 aliphatic heterocycles. The summed E-state index contributed by atoms with van der Waals surface area (Å²) in [6, 6.07) is 7.73. The number of nitrogens with one attached hydrogen (secondary N) is 1. The zero-order chi connectivity index (χ0) is 23.3. The number of nitrogens with zero attached hydrogens (tertiary/aromatic N) is 3. The van der Waals surface area contributed by atoms with E-state index in [0.717, 1.165) is 24.1 Å². The minimum absolute atomic E-state index is 0.0997. The van der Waals surface area contributed by atoms with Crippen molar-refractivity contribution in [3.63, 3.8) is 0 Å². The predicted octanol–water partition coefficient (Wildman–Crippen LogP) is 6.06. The number of fused-ring (bicyclic) bond motifs is 3. The number of unbranched alkanes of at least 4 members (excludes halogenated alkanes) is 13. The highest BCUT2D eigenvalue weighted by atomic mass is 16.3. The van der Waals surface area contributed by atoms with Crippen LogP contribution >= 0.6 is 0 Å². The van der Waals surface area contributed by atoms with E-state index in [4.69, 9.17) is 0 Å². The Morgan fingerprint density at radius 2 is 1.48 bits per heavy atom. The topological polar surface area (TPSA) is 77.3 Å². The SMILES string of the molecule is CCCCCCCCCCCCCCCCC(O)C1=Nc2ccccc2C2=NCC(=O)NN21. The number of aliphatic imine (C=N–C) groups is 2. The summed E-state index contributed by atoms with van der Waals surface area (Å²) in [6.45, 7) is 2.37. The van der Waals surface area contributed by atoms with Crippen molar-refractivity contribution in [2.75, 3.05) is 6.54 Å². The lowest BCUT2D eigenvalue weighted by Gasteiger charge is -2.35. The van der Waals surface area contributed by atoms with Crippen molar-refractivity contribution < 1.29 is 9.90 Å². The molecule has 33 heavy (non-hydrogen) atoms.